The second-order valence-electron chi connectivity index (χ2n) is 7.49. The number of primary amides is 1. The van der Waals surface area contributed by atoms with E-state index < -0.39 is 5.91 Å². The maximum atomic E-state index is 11.2. The van der Waals surface area contributed by atoms with E-state index >= 15 is 0 Å². The highest BCUT2D eigenvalue weighted by atomic mass is 16.5. The lowest BCUT2D eigenvalue weighted by Crippen LogP contribution is -2.27. The standard InChI is InChI=1S/C23H27N3O2/c1-2-26(18-6-4-3-5-7-18)21-12-8-16-14-19(10-11-20(16)21)28-22-13-9-17(15-25-22)23(24)27/h6,9-11,13-15,21H,2-5,7-8,12H2,1H3,(H2,24,27). The van der Waals surface area contributed by atoms with Crippen molar-refractivity contribution in [2.45, 2.75) is 51.5 Å². The minimum absolute atomic E-state index is 0.376. The summed E-state index contributed by atoms with van der Waals surface area (Å²) in [4.78, 5) is 17.9. The van der Waals surface area contributed by atoms with Gasteiger partial charge in [-0.05, 0) is 74.8 Å². The Morgan fingerprint density at radius 2 is 2.14 bits per heavy atom. The Balaban J connectivity index is 1.51. The van der Waals surface area contributed by atoms with Gasteiger partial charge >= 0.3 is 0 Å². The van der Waals surface area contributed by atoms with Gasteiger partial charge in [0.1, 0.15) is 5.75 Å². The number of carbonyl (C=O) groups is 1. The Labute approximate surface area is 166 Å². The summed E-state index contributed by atoms with van der Waals surface area (Å²) < 4.78 is 5.89. The lowest BCUT2D eigenvalue weighted by atomic mass is 10.00. The largest absolute Gasteiger partial charge is 0.439 e. The van der Waals surface area contributed by atoms with Gasteiger partial charge in [0, 0.05) is 24.5 Å². The number of nitrogens with two attached hydrogens (primary N) is 1. The topological polar surface area (TPSA) is 68.5 Å². The second kappa shape index (κ2) is 8.05. The van der Waals surface area contributed by atoms with E-state index in [1.807, 2.05) is 6.07 Å². The number of pyridine rings is 1. The molecule has 4 rings (SSSR count). The fourth-order valence-electron chi connectivity index (χ4n) is 4.37. The molecule has 2 aliphatic carbocycles. The molecule has 1 heterocycles. The zero-order valence-corrected chi connectivity index (χ0v) is 16.4. The van der Waals surface area contributed by atoms with Crippen LogP contribution >= 0.6 is 0 Å². The van der Waals surface area contributed by atoms with Crippen molar-refractivity contribution in [3.05, 3.63) is 65.0 Å². The van der Waals surface area contributed by atoms with Crippen LogP contribution < -0.4 is 10.5 Å². The number of ether oxygens (including phenoxy) is 1. The van der Waals surface area contributed by atoms with Gasteiger partial charge in [-0.2, -0.15) is 0 Å². The summed E-state index contributed by atoms with van der Waals surface area (Å²) in [7, 11) is 0. The van der Waals surface area contributed by atoms with Crippen LogP contribution in [0, 0.1) is 0 Å². The molecule has 0 spiro atoms. The highest BCUT2D eigenvalue weighted by Gasteiger charge is 2.29. The van der Waals surface area contributed by atoms with E-state index in [9.17, 15) is 4.79 Å². The third-order valence-electron chi connectivity index (χ3n) is 5.76. The number of fused-ring (bicyclic) bond motifs is 1. The summed E-state index contributed by atoms with van der Waals surface area (Å²) in [6.07, 6.45) is 11.1. The number of nitrogens with zero attached hydrogens (tertiary/aromatic N) is 2. The van der Waals surface area contributed by atoms with Crippen LogP contribution in [-0.4, -0.2) is 22.3 Å². The monoisotopic (exact) mass is 377 g/mol. The van der Waals surface area contributed by atoms with Gasteiger partial charge in [-0.1, -0.05) is 12.1 Å². The van der Waals surface area contributed by atoms with Gasteiger partial charge in [0.05, 0.1) is 11.6 Å². The molecule has 2 aromatic rings. The van der Waals surface area contributed by atoms with Gasteiger partial charge in [-0.25, -0.2) is 4.98 Å². The Kier molecular flexibility index (Phi) is 5.33. The minimum atomic E-state index is -0.490. The van der Waals surface area contributed by atoms with Crippen molar-refractivity contribution in [1.29, 1.82) is 0 Å². The normalized spacial score (nSPS) is 18.3. The number of allylic oxidation sites excluding steroid dienone is 2. The first-order valence-corrected chi connectivity index (χ1v) is 10.2. The zero-order chi connectivity index (χ0) is 19.5. The van der Waals surface area contributed by atoms with E-state index in [1.165, 1.54) is 48.7 Å². The molecule has 0 bridgehead atoms. The fraction of sp³-hybridized carbons (Fsp3) is 0.391. The van der Waals surface area contributed by atoms with Crippen LogP contribution in [0.3, 0.4) is 0 Å². The van der Waals surface area contributed by atoms with Crippen LogP contribution in [-0.2, 0) is 6.42 Å². The Bertz CT molecular complexity index is 889. The van der Waals surface area contributed by atoms with Crippen LogP contribution in [0.5, 0.6) is 11.6 Å². The average Bonchev–Trinajstić information content (AvgIpc) is 3.13. The maximum Gasteiger partial charge on any atom is 0.250 e. The summed E-state index contributed by atoms with van der Waals surface area (Å²) in [6.45, 7) is 3.30. The van der Waals surface area contributed by atoms with Crippen LogP contribution in [0.1, 0.15) is 66.6 Å². The van der Waals surface area contributed by atoms with Crippen molar-refractivity contribution in [2.24, 2.45) is 5.73 Å². The van der Waals surface area contributed by atoms with Crippen LogP contribution in [0.15, 0.2) is 48.3 Å². The first-order chi connectivity index (χ1) is 13.7. The lowest BCUT2D eigenvalue weighted by Gasteiger charge is -2.34. The molecule has 1 aromatic heterocycles. The van der Waals surface area contributed by atoms with Crippen LogP contribution in [0.2, 0.25) is 0 Å². The number of aromatic nitrogens is 1. The molecule has 0 aliphatic heterocycles. The molecule has 0 saturated heterocycles. The summed E-state index contributed by atoms with van der Waals surface area (Å²) in [6, 6.07) is 10.1. The Morgan fingerprint density at radius 1 is 1.25 bits per heavy atom. The van der Waals surface area contributed by atoms with Gasteiger partial charge in [-0.15, -0.1) is 0 Å². The number of benzene rings is 1. The van der Waals surface area contributed by atoms with Gasteiger partial charge in [0.2, 0.25) is 11.8 Å². The van der Waals surface area contributed by atoms with Gasteiger partial charge < -0.3 is 15.4 Å². The van der Waals surface area contributed by atoms with E-state index in [0.29, 0.717) is 17.5 Å². The molecule has 1 unspecified atom stereocenters. The lowest BCUT2D eigenvalue weighted by molar-refractivity contribution is 0.1000. The molecule has 2 aliphatic rings. The van der Waals surface area contributed by atoms with E-state index in [-0.39, 0.29) is 0 Å². The molecular weight excluding hydrogens is 350 g/mol. The summed E-state index contributed by atoms with van der Waals surface area (Å²) in [5.74, 6) is 0.747. The molecule has 0 fully saturated rings. The highest BCUT2D eigenvalue weighted by molar-refractivity contribution is 5.92. The van der Waals surface area contributed by atoms with Crippen LogP contribution in [0.4, 0.5) is 0 Å². The molecule has 2 N–H and O–H groups in total. The van der Waals surface area contributed by atoms with Crippen molar-refractivity contribution in [2.75, 3.05) is 6.54 Å². The van der Waals surface area contributed by atoms with Crippen molar-refractivity contribution in [1.82, 2.24) is 9.88 Å². The number of hydrogen-bond donors (Lipinski definition) is 1. The van der Waals surface area contributed by atoms with Crippen molar-refractivity contribution in [3.63, 3.8) is 0 Å². The molecule has 28 heavy (non-hydrogen) atoms. The molecule has 0 saturated carbocycles. The van der Waals surface area contributed by atoms with E-state index in [4.69, 9.17) is 10.5 Å². The molecule has 5 heteroatoms. The second-order valence-corrected chi connectivity index (χ2v) is 7.49. The predicted molar refractivity (Wildman–Crippen MR) is 109 cm³/mol. The molecule has 146 valence electrons. The van der Waals surface area contributed by atoms with E-state index in [2.05, 4.69) is 35.0 Å². The van der Waals surface area contributed by atoms with Gasteiger partial charge in [-0.3, -0.25) is 4.79 Å². The fourth-order valence-corrected chi connectivity index (χ4v) is 4.37. The van der Waals surface area contributed by atoms with E-state index in [0.717, 1.165) is 25.1 Å². The first kappa shape index (κ1) is 18.5. The van der Waals surface area contributed by atoms with Crippen molar-refractivity contribution >= 4 is 5.91 Å². The smallest absolute Gasteiger partial charge is 0.250 e. The number of rotatable bonds is 6. The summed E-state index contributed by atoms with van der Waals surface area (Å²) >= 11 is 0. The van der Waals surface area contributed by atoms with Crippen molar-refractivity contribution < 1.29 is 9.53 Å². The average molecular weight is 377 g/mol. The van der Waals surface area contributed by atoms with E-state index in [1.54, 1.807) is 12.1 Å². The Morgan fingerprint density at radius 3 is 2.82 bits per heavy atom. The van der Waals surface area contributed by atoms with Crippen molar-refractivity contribution in [3.8, 4) is 11.6 Å². The minimum Gasteiger partial charge on any atom is -0.439 e. The predicted octanol–water partition coefficient (Wildman–Crippen LogP) is 4.74. The number of aryl methyl sites for hydroxylation is 1. The third kappa shape index (κ3) is 3.75. The van der Waals surface area contributed by atoms with Gasteiger partial charge in [0.15, 0.2) is 0 Å². The van der Waals surface area contributed by atoms with Gasteiger partial charge in [0.25, 0.3) is 0 Å². The molecule has 0 radical (unpaired) electrons. The zero-order valence-electron chi connectivity index (χ0n) is 16.4. The molecule has 5 nitrogen and oxygen atoms in total. The number of hydrogen-bond acceptors (Lipinski definition) is 4. The maximum absolute atomic E-state index is 11.2. The SMILES string of the molecule is CCN(C1=CCCCC1)C1CCc2cc(Oc3ccc(C(N)=O)cn3)ccc21. The first-order valence-electron chi connectivity index (χ1n) is 10.2. The molecule has 1 amide bonds. The molecule has 1 atom stereocenters. The highest BCUT2D eigenvalue weighted by Crippen LogP contribution is 2.41. The Hall–Kier alpha value is -2.82. The summed E-state index contributed by atoms with van der Waals surface area (Å²) in [5.41, 5.74) is 9.92. The quantitative estimate of drug-likeness (QED) is 0.789. The third-order valence-corrected chi connectivity index (χ3v) is 5.76. The molecular formula is C23H27N3O2. The summed E-state index contributed by atoms with van der Waals surface area (Å²) in [5, 5.41) is 0. The van der Waals surface area contributed by atoms with Crippen LogP contribution in [0.25, 0.3) is 0 Å². The number of amides is 1. The molecule has 1 aromatic carbocycles. The number of carbonyl (C=O) groups excluding carboxylic acids is 1.